The van der Waals surface area contributed by atoms with Crippen molar-refractivity contribution in [3.8, 4) is 5.75 Å². The second kappa shape index (κ2) is 4.46. The number of para-hydroxylation sites is 1. The zero-order valence-corrected chi connectivity index (χ0v) is 8.10. The highest BCUT2D eigenvalue weighted by Crippen LogP contribution is 2.16. The zero-order chi connectivity index (χ0) is 10.6. The molecule has 0 saturated carbocycles. The number of rotatable bonds is 3. The van der Waals surface area contributed by atoms with Crippen LogP contribution in [-0.4, -0.2) is 23.0 Å². The molecular formula is C11H13NO2. The molecule has 0 spiro atoms. The highest BCUT2D eigenvalue weighted by molar-refractivity contribution is 5.86. The van der Waals surface area contributed by atoms with Gasteiger partial charge in [0.1, 0.15) is 5.75 Å². The quantitative estimate of drug-likeness (QED) is 0.736. The lowest BCUT2D eigenvalue weighted by atomic mass is 10.2. The van der Waals surface area contributed by atoms with E-state index >= 15 is 0 Å². The Bertz CT molecular complexity index is 347. The SMILES string of the molecule is C=CC(=O)N(C)Cc1ccccc1O. The molecule has 0 aliphatic rings. The van der Waals surface area contributed by atoms with Gasteiger partial charge in [0.05, 0.1) is 0 Å². The summed E-state index contributed by atoms with van der Waals surface area (Å²) < 4.78 is 0. The van der Waals surface area contributed by atoms with E-state index in [1.807, 2.05) is 6.07 Å². The maximum absolute atomic E-state index is 11.2. The van der Waals surface area contributed by atoms with Crippen LogP contribution in [0, 0.1) is 0 Å². The number of hydrogen-bond donors (Lipinski definition) is 1. The van der Waals surface area contributed by atoms with Crippen LogP contribution >= 0.6 is 0 Å². The molecule has 1 rings (SSSR count). The summed E-state index contributed by atoms with van der Waals surface area (Å²) in [7, 11) is 1.66. The van der Waals surface area contributed by atoms with Gasteiger partial charge in [0.15, 0.2) is 0 Å². The van der Waals surface area contributed by atoms with Crippen molar-refractivity contribution in [3.63, 3.8) is 0 Å². The van der Waals surface area contributed by atoms with Gasteiger partial charge in [0.25, 0.3) is 0 Å². The molecule has 1 amide bonds. The first kappa shape index (κ1) is 10.3. The predicted molar refractivity (Wildman–Crippen MR) is 54.8 cm³/mol. The van der Waals surface area contributed by atoms with Gasteiger partial charge < -0.3 is 10.0 Å². The Hall–Kier alpha value is -1.77. The van der Waals surface area contributed by atoms with Crippen LogP contribution in [0.3, 0.4) is 0 Å². The van der Waals surface area contributed by atoms with Crippen molar-refractivity contribution in [2.75, 3.05) is 7.05 Å². The summed E-state index contributed by atoms with van der Waals surface area (Å²) in [6.07, 6.45) is 1.25. The minimum absolute atomic E-state index is 0.159. The van der Waals surface area contributed by atoms with Crippen LogP contribution in [0.4, 0.5) is 0 Å². The van der Waals surface area contributed by atoms with Crippen LogP contribution in [0.5, 0.6) is 5.75 Å². The van der Waals surface area contributed by atoms with Crippen LogP contribution in [-0.2, 0) is 11.3 Å². The monoisotopic (exact) mass is 191 g/mol. The van der Waals surface area contributed by atoms with Crippen molar-refractivity contribution in [2.24, 2.45) is 0 Å². The minimum atomic E-state index is -0.159. The first-order chi connectivity index (χ1) is 6.65. The summed E-state index contributed by atoms with van der Waals surface area (Å²) in [5.41, 5.74) is 0.727. The molecule has 0 unspecified atom stereocenters. The van der Waals surface area contributed by atoms with E-state index in [2.05, 4.69) is 6.58 Å². The highest BCUT2D eigenvalue weighted by Gasteiger charge is 2.07. The van der Waals surface area contributed by atoms with Gasteiger partial charge in [0.2, 0.25) is 5.91 Å². The molecule has 0 bridgehead atoms. The molecule has 3 nitrogen and oxygen atoms in total. The molecule has 1 aromatic carbocycles. The second-order valence-electron chi connectivity index (χ2n) is 3.03. The number of carbonyl (C=O) groups is 1. The molecule has 74 valence electrons. The average Bonchev–Trinajstić information content (AvgIpc) is 2.20. The molecule has 0 heterocycles. The number of likely N-dealkylation sites (N-methyl/N-ethyl adjacent to an activating group) is 1. The number of phenolic OH excluding ortho intramolecular Hbond substituents is 1. The molecule has 0 atom stereocenters. The lowest BCUT2D eigenvalue weighted by Crippen LogP contribution is -2.23. The topological polar surface area (TPSA) is 40.5 Å². The van der Waals surface area contributed by atoms with Gasteiger partial charge in [-0.1, -0.05) is 24.8 Å². The fourth-order valence-corrected chi connectivity index (χ4v) is 1.13. The summed E-state index contributed by atoms with van der Waals surface area (Å²) in [4.78, 5) is 12.6. The van der Waals surface area contributed by atoms with Gasteiger partial charge in [-0.15, -0.1) is 0 Å². The van der Waals surface area contributed by atoms with Gasteiger partial charge in [-0.05, 0) is 12.1 Å². The van der Waals surface area contributed by atoms with Gasteiger partial charge >= 0.3 is 0 Å². The lowest BCUT2D eigenvalue weighted by molar-refractivity contribution is -0.125. The molecule has 14 heavy (non-hydrogen) atoms. The maximum Gasteiger partial charge on any atom is 0.245 e. The molecule has 0 aliphatic carbocycles. The van der Waals surface area contributed by atoms with Crippen molar-refractivity contribution in [3.05, 3.63) is 42.5 Å². The Morgan fingerprint density at radius 2 is 2.21 bits per heavy atom. The van der Waals surface area contributed by atoms with Crippen LogP contribution in [0.1, 0.15) is 5.56 Å². The molecule has 0 saturated heterocycles. The number of aromatic hydroxyl groups is 1. The van der Waals surface area contributed by atoms with Crippen LogP contribution in [0.15, 0.2) is 36.9 Å². The number of hydrogen-bond acceptors (Lipinski definition) is 2. The molecule has 0 fully saturated rings. The summed E-state index contributed by atoms with van der Waals surface area (Å²) in [5.74, 6) is 0.0458. The highest BCUT2D eigenvalue weighted by atomic mass is 16.3. The van der Waals surface area contributed by atoms with Crippen molar-refractivity contribution in [2.45, 2.75) is 6.54 Å². The smallest absolute Gasteiger partial charge is 0.245 e. The Balaban J connectivity index is 2.74. The van der Waals surface area contributed by atoms with Gasteiger partial charge in [-0.25, -0.2) is 0 Å². The third-order valence-electron chi connectivity index (χ3n) is 1.95. The van der Waals surface area contributed by atoms with Gasteiger partial charge in [-0.2, -0.15) is 0 Å². The standard InChI is InChI=1S/C11H13NO2/c1-3-11(14)12(2)8-9-6-4-5-7-10(9)13/h3-7,13H,1,8H2,2H3. The fourth-order valence-electron chi connectivity index (χ4n) is 1.13. The third kappa shape index (κ3) is 2.36. The molecule has 0 aliphatic heterocycles. The number of carbonyl (C=O) groups excluding carboxylic acids is 1. The Labute approximate surface area is 83.3 Å². The minimum Gasteiger partial charge on any atom is -0.508 e. The number of phenols is 1. The van der Waals surface area contributed by atoms with E-state index in [-0.39, 0.29) is 11.7 Å². The summed E-state index contributed by atoms with van der Waals surface area (Å²) in [6, 6.07) is 6.94. The van der Waals surface area contributed by atoms with Gasteiger partial charge in [0, 0.05) is 19.2 Å². The van der Waals surface area contributed by atoms with E-state index in [1.165, 1.54) is 11.0 Å². The maximum atomic E-state index is 11.2. The number of benzene rings is 1. The van der Waals surface area contributed by atoms with E-state index in [0.29, 0.717) is 6.54 Å². The molecular weight excluding hydrogens is 178 g/mol. The van der Waals surface area contributed by atoms with Gasteiger partial charge in [-0.3, -0.25) is 4.79 Å². The average molecular weight is 191 g/mol. The molecule has 0 aromatic heterocycles. The largest absolute Gasteiger partial charge is 0.508 e. The molecule has 3 heteroatoms. The number of nitrogens with zero attached hydrogens (tertiary/aromatic N) is 1. The molecule has 1 N–H and O–H groups in total. The van der Waals surface area contributed by atoms with Crippen molar-refractivity contribution >= 4 is 5.91 Å². The first-order valence-electron chi connectivity index (χ1n) is 4.29. The second-order valence-corrected chi connectivity index (χ2v) is 3.03. The van der Waals surface area contributed by atoms with Crippen LogP contribution in [0.2, 0.25) is 0 Å². The van der Waals surface area contributed by atoms with Crippen LogP contribution in [0.25, 0.3) is 0 Å². The Kier molecular flexibility index (Phi) is 3.29. The number of amides is 1. The van der Waals surface area contributed by atoms with Crippen molar-refractivity contribution < 1.29 is 9.90 Å². The zero-order valence-electron chi connectivity index (χ0n) is 8.10. The predicted octanol–water partition coefficient (Wildman–Crippen LogP) is 1.54. The Morgan fingerprint density at radius 1 is 1.57 bits per heavy atom. The normalized spacial score (nSPS) is 9.50. The fraction of sp³-hybridized carbons (Fsp3) is 0.182. The summed E-state index contributed by atoms with van der Waals surface area (Å²) in [5, 5.41) is 9.45. The summed E-state index contributed by atoms with van der Waals surface area (Å²) >= 11 is 0. The summed E-state index contributed by atoms with van der Waals surface area (Å²) in [6.45, 7) is 3.78. The lowest BCUT2D eigenvalue weighted by Gasteiger charge is -2.15. The third-order valence-corrected chi connectivity index (χ3v) is 1.95. The first-order valence-corrected chi connectivity index (χ1v) is 4.29. The van der Waals surface area contributed by atoms with E-state index in [9.17, 15) is 9.90 Å². The molecule has 1 aromatic rings. The van der Waals surface area contributed by atoms with Crippen molar-refractivity contribution in [1.29, 1.82) is 0 Å². The van der Waals surface area contributed by atoms with E-state index < -0.39 is 0 Å². The van der Waals surface area contributed by atoms with E-state index in [1.54, 1.807) is 25.2 Å². The van der Waals surface area contributed by atoms with E-state index in [0.717, 1.165) is 5.56 Å². The Morgan fingerprint density at radius 3 is 2.79 bits per heavy atom. The van der Waals surface area contributed by atoms with Crippen LogP contribution < -0.4 is 0 Å². The van der Waals surface area contributed by atoms with Crippen molar-refractivity contribution in [1.82, 2.24) is 4.90 Å². The molecule has 0 radical (unpaired) electrons. The van der Waals surface area contributed by atoms with E-state index in [4.69, 9.17) is 0 Å².